The van der Waals surface area contributed by atoms with Gasteiger partial charge in [-0.15, -0.1) is 0 Å². The van der Waals surface area contributed by atoms with E-state index in [1.165, 1.54) is 0 Å². The second-order valence-electron chi connectivity index (χ2n) is 7.32. The van der Waals surface area contributed by atoms with Gasteiger partial charge in [-0.1, -0.05) is 79.7 Å². The maximum absolute atomic E-state index is 6.27. The van der Waals surface area contributed by atoms with E-state index in [-0.39, 0.29) is 0 Å². The molecule has 4 heteroatoms. The SMILES string of the molecule is CC1C=CC=C(Nc2ncnc3oc(-c4ccccc4)c(-c4ccccc4)c23)C1. The predicted molar refractivity (Wildman–Crippen MR) is 117 cm³/mol. The molecule has 2 aromatic carbocycles. The molecule has 0 aliphatic heterocycles. The van der Waals surface area contributed by atoms with Crippen molar-refractivity contribution in [2.24, 2.45) is 5.92 Å². The fourth-order valence-corrected chi connectivity index (χ4v) is 3.79. The van der Waals surface area contributed by atoms with Gasteiger partial charge < -0.3 is 9.73 Å². The molecule has 1 N–H and O–H groups in total. The van der Waals surface area contributed by atoms with Gasteiger partial charge in [0.25, 0.3) is 0 Å². The van der Waals surface area contributed by atoms with Crippen LogP contribution in [0.5, 0.6) is 0 Å². The molecule has 1 atom stereocenters. The second-order valence-corrected chi connectivity index (χ2v) is 7.32. The summed E-state index contributed by atoms with van der Waals surface area (Å²) in [6.07, 6.45) is 8.92. The molecule has 0 amide bonds. The minimum absolute atomic E-state index is 0.498. The van der Waals surface area contributed by atoms with Crippen molar-refractivity contribution in [1.82, 2.24) is 9.97 Å². The summed E-state index contributed by atoms with van der Waals surface area (Å²) >= 11 is 0. The van der Waals surface area contributed by atoms with Crippen LogP contribution < -0.4 is 5.32 Å². The van der Waals surface area contributed by atoms with Crippen LogP contribution >= 0.6 is 0 Å². The Kier molecular flexibility index (Phi) is 4.45. The number of hydrogen-bond acceptors (Lipinski definition) is 4. The first-order valence-corrected chi connectivity index (χ1v) is 9.82. The molecule has 2 aromatic heterocycles. The first kappa shape index (κ1) is 17.4. The molecule has 4 nitrogen and oxygen atoms in total. The Bertz CT molecular complexity index is 1210. The number of allylic oxidation sites excluding steroid dienone is 4. The van der Waals surface area contributed by atoms with Gasteiger partial charge in [0.15, 0.2) is 0 Å². The molecule has 1 aliphatic carbocycles. The first-order valence-electron chi connectivity index (χ1n) is 9.82. The lowest BCUT2D eigenvalue weighted by molar-refractivity contribution is 0.618. The van der Waals surface area contributed by atoms with Crippen LogP contribution in [0.3, 0.4) is 0 Å². The van der Waals surface area contributed by atoms with E-state index in [0.29, 0.717) is 11.6 Å². The summed E-state index contributed by atoms with van der Waals surface area (Å²) in [5.74, 6) is 2.08. The standard InChI is InChI=1S/C25H21N3O/c1-17-9-8-14-20(15-17)28-24-22-21(18-10-4-2-5-11-18)23(19-12-6-3-7-13-19)29-25(22)27-16-26-24/h2-14,16-17H,15H2,1H3,(H,26,27,28). The van der Waals surface area contributed by atoms with Gasteiger partial charge in [0.2, 0.25) is 5.71 Å². The summed E-state index contributed by atoms with van der Waals surface area (Å²) in [4.78, 5) is 9.00. The number of furan rings is 1. The van der Waals surface area contributed by atoms with Crippen molar-refractivity contribution < 1.29 is 4.42 Å². The van der Waals surface area contributed by atoms with Crippen molar-refractivity contribution in [1.29, 1.82) is 0 Å². The van der Waals surface area contributed by atoms with Gasteiger partial charge in [0.05, 0.1) is 5.39 Å². The summed E-state index contributed by atoms with van der Waals surface area (Å²) in [6, 6.07) is 20.4. The molecule has 0 saturated carbocycles. The molecule has 2 heterocycles. The summed E-state index contributed by atoms with van der Waals surface area (Å²) in [7, 11) is 0. The van der Waals surface area contributed by atoms with Gasteiger partial charge in [0.1, 0.15) is 17.9 Å². The van der Waals surface area contributed by atoms with Crippen LogP contribution in [0.25, 0.3) is 33.6 Å². The van der Waals surface area contributed by atoms with E-state index in [1.54, 1.807) is 6.33 Å². The highest BCUT2D eigenvalue weighted by atomic mass is 16.3. The van der Waals surface area contributed by atoms with Crippen molar-refractivity contribution in [3.05, 3.63) is 90.9 Å². The molecule has 0 fully saturated rings. The molecule has 142 valence electrons. The van der Waals surface area contributed by atoms with Crippen LogP contribution in [0.1, 0.15) is 13.3 Å². The van der Waals surface area contributed by atoms with E-state index in [4.69, 9.17) is 4.42 Å². The van der Waals surface area contributed by atoms with Crippen molar-refractivity contribution in [3.63, 3.8) is 0 Å². The fraction of sp³-hybridized carbons (Fsp3) is 0.120. The number of hydrogen-bond donors (Lipinski definition) is 1. The van der Waals surface area contributed by atoms with Gasteiger partial charge >= 0.3 is 0 Å². The quantitative estimate of drug-likeness (QED) is 0.443. The number of anilines is 1. The molecule has 0 spiro atoms. The molecule has 0 saturated heterocycles. The Labute approximate surface area is 169 Å². The third-order valence-electron chi connectivity index (χ3n) is 5.14. The average molecular weight is 379 g/mol. The molecule has 0 radical (unpaired) electrons. The van der Waals surface area contributed by atoms with E-state index in [0.717, 1.165) is 45.8 Å². The number of nitrogens with one attached hydrogen (secondary N) is 1. The van der Waals surface area contributed by atoms with E-state index >= 15 is 0 Å². The zero-order valence-corrected chi connectivity index (χ0v) is 16.2. The summed E-state index contributed by atoms with van der Waals surface area (Å²) < 4.78 is 6.27. The zero-order valence-electron chi connectivity index (χ0n) is 16.2. The molecule has 4 aromatic rings. The minimum atomic E-state index is 0.498. The lowest BCUT2D eigenvalue weighted by atomic mass is 9.98. The summed E-state index contributed by atoms with van der Waals surface area (Å²) in [5, 5.41) is 4.43. The van der Waals surface area contributed by atoms with Crippen LogP contribution in [-0.2, 0) is 0 Å². The smallest absolute Gasteiger partial charge is 0.232 e. The molecule has 5 rings (SSSR count). The number of nitrogens with zero attached hydrogens (tertiary/aromatic N) is 2. The van der Waals surface area contributed by atoms with Crippen LogP contribution in [0, 0.1) is 5.92 Å². The average Bonchev–Trinajstić information content (AvgIpc) is 3.16. The second kappa shape index (κ2) is 7.40. The van der Waals surface area contributed by atoms with E-state index in [2.05, 4.69) is 64.7 Å². The highest BCUT2D eigenvalue weighted by Crippen LogP contribution is 2.42. The van der Waals surface area contributed by atoms with Crippen molar-refractivity contribution in [2.45, 2.75) is 13.3 Å². The molecule has 1 unspecified atom stereocenters. The highest BCUT2D eigenvalue weighted by Gasteiger charge is 2.22. The van der Waals surface area contributed by atoms with Crippen LogP contribution in [0.2, 0.25) is 0 Å². The monoisotopic (exact) mass is 379 g/mol. The van der Waals surface area contributed by atoms with Gasteiger partial charge in [-0.2, -0.15) is 0 Å². The topological polar surface area (TPSA) is 51.0 Å². The van der Waals surface area contributed by atoms with E-state index < -0.39 is 0 Å². The molecular weight excluding hydrogens is 358 g/mol. The lowest BCUT2D eigenvalue weighted by Gasteiger charge is -2.16. The maximum Gasteiger partial charge on any atom is 0.232 e. The van der Waals surface area contributed by atoms with Gasteiger partial charge in [0, 0.05) is 16.8 Å². The highest BCUT2D eigenvalue weighted by molar-refractivity contribution is 6.06. The van der Waals surface area contributed by atoms with Crippen molar-refractivity contribution in [3.8, 4) is 22.5 Å². The largest absolute Gasteiger partial charge is 0.437 e. The zero-order chi connectivity index (χ0) is 19.6. The van der Waals surface area contributed by atoms with Gasteiger partial charge in [-0.25, -0.2) is 9.97 Å². The van der Waals surface area contributed by atoms with E-state index in [9.17, 15) is 0 Å². The Morgan fingerprint density at radius 3 is 2.38 bits per heavy atom. The predicted octanol–water partition coefficient (Wildman–Crippen LogP) is 6.45. The van der Waals surface area contributed by atoms with Crippen LogP contribution in [0.4, 0.5) is 5.82 Å². The van der Waals surface area contributed by atoms with Crippen LogP contribution in [-0.4, -0.2) is 9.97 Å². The van der Waals surface area contributed by atoms with Crippen molar-refractivity contribution in [2.75, 3.05) is 5.32 Å². The van der Waals surface area contributed by atoms with Crippen molar-refractivity contribution >= 4 is 16.9 Å². The molecule has 0 bridgehead atoms. The Hall–Kier alpha value is -3.66. The lowest BCUT2D eigenvalue weighted by Crippen LogP contribution is -2.07. The van der Waals surface area contributed by atoms with Gasteiger partial charge in [-0.05, 0) is 24.0 Å². The maximum atomic E-state index is 6.27. The summed E-state index contributed by atoms with van der Waals surface area (Å²) in [5.41, 5.74) is 4.83. The number of fused-ring (bicyclic) bond motifs is 1. The van der Waals surface area contributed by atoms with E-state index in [1.807, 2.05) is 36.4 Å². The number of aromatic nitrogens is 2. The van der Waals surface area contributed by atoms with Gasteiger partial charge in [-0.3, -0.25) is 0 Å². The summed E-state index contributed by atoms with van der Waals surface area (Å²) in [6.45, 7) is 2.21. The third kappa shape index (κ3) is 3.34. The van der Waals surface area contributed by atoms with Crippen LogP contribution in [0.15, 0.2) is 95.3 Å². The first-order chi connectivity index (χ1) is 14.3. The third-order valence-corrected chi connectivity index (χ3v) is 5.14. The minimum Gasteiger partial charge on any atom is -0.437 e. The molecule has 1 aliphatic rings. The number of benzene rings is 2. The molecular formula is C25H21N3O. The number of rotatable bonds is 4. The Morgan fingerprint density at radius 1 is 0.931 bits per heavy atom. The fourth-order valence-electron chi connectivity index (χ4n) is 3.79. The Balaban J connectivity index is 1.73. The Morgan fingerprint density at radius 2 is 1.66 bits per heavy atom. The molecule has 29 heavy (non-hydrogen) atoms. The normalized spacial score (nSPS) is 16.0.